The molecule has 1 fully saturated rings. The molecule has 3 aromatic heterocycles. The second kappa shape index (κ2) is 13.7. The van der Waals surface area contributed by atoms with Gasteiger partial charge in [-0.1, -0.05) is 12.1 Å². The summed E-state index contributed by atoms with van der Waals surface area (Å²) in [6, 6.07) is 16.4. The van der Waals surface area contributed by atoms with E-state index in [9.17, 15) is 14.4 Å². The molecule has 2 N–H and O–H groups in total. The molecule has 2 aliphatic rings. The van der Waals surface area contributed by atoms with Gasteiger partial charge in [0.05, 0.1) is 34.9 Å². The number of thiazole rings is 1. The number of ether oxygens (including phenoxy) is 1. The van der Waals surface area contributed by atoms with Crippen molar-refractivity contribution in [2.24, 2.45) is 0 Å². The van der Waals surface area contributed by atoms with Gasteiger partial charge < -0.3 is 25.0 Å². The lowest BCUT2D eigenvalue weighted by Crippen LogP contribution is -2.47. The molecule has 1 saturated heterocycles. The number of carbonyl (C=O) groups excluding carboxylic acids is 3. The van der Waals surface area contributed by atoms with E-state index in [1.807, 2.05) is 36.4 Å². The zero-order valence-electron chi connectivity index (χ0n) is 24.7. The summed E-state index contributed by atoms with van der Waals surface area (Å²) < 4.78 is 8.60. The highest BCUT2D eigenvalue weighted by Crippen LogP contribution is 2.32. The highest BCUT2D eigenvalue weighted by Gasteiger charge is 2.38. The topological polar surface area (TPSA) is 159 Å². The molecule has 2 bridgehead atoms. The number of benzene rings is 2. The summed E-state index contributed by atoms with van der Waals surface area (Å²) in [6.07, 6.45) is 4.50. The molecular formula is C32H31N7O6S. The van der Waals surface area contributed by atoms with Gasteiger partial charge in [0, 0.05) is 42.9 Å². The molecule has 0 unspecified atom stereocenters. The van der Waals surface area contributed by atoms with E-state index >= 15 is 0 Å². The van der Waals surface area contributed by atoms with Crippen LogP contribution in [0.15, 0.2) is 72.6 Å². The van der Waals surface area contributed by atoms with Crippen LogP contribution in [0.25, 0.3) is 15.9 Å². The van der Waals surface area contributed by atoms with E-state index in [1.165, 1.54) is 17.7 Å². The number of nitrogens with one attached hydrogen (secondary N) is 1. The summed E-state index contributed by atoms with van der Waals surface area (Å²) in [5, 5.41) is 14.1. The van der Waals surface area contributed by atoms with Crippen LogP contribution in [-0.4, -0.2) is 97.5 Å². The van der Waals surface area contributed by atoms with Crippen molar-refractivity contribution in [3.63, 3.8) is 0 Å². The van der Waals surface area contributed by atoms with Gasteiger partial charge in [-0.3, -0.25) is 19.2 Å². The summed E-state index contributed by atoms with van der Waals surface area (Å²) in [7, 11) is 0. The van der Waals surface area contributed by atoms with Crippen LogP contribution in [0.1, 0.15) is 45.0 Å². The minimum Gasteiger partial charge on any atom is -0.494 e. The third-order valence-corrected chi connectivity index (χ3v) is 8.85. The highest BCUT2D eigenvalue weighted by molar-refractivity contribution is 7.16. The Morgan fingerprint density at radius 1 is 1.00 bits per heavy atom. The molecule has 2 aromatic carbocycles. The van der Waals surface area contributed by atoms with Crippen LogP contribution in [0.4, 0.5) is 0 Å². The molecule has 2 aliphatic heterocycles. The Kier molecular flexibility index (Phi) is 9.15. The van der Waals surface area contributed by atoms with E-state index in [0.29, 0.717) is 49.4 Å². The van der Waals surface area contributed by atoms with Crippen LogP contribution in [0.5, 0.6) is 5.75 Å². The van der Waals surface area contributed by atoms with Crippen molar-refractivity contribution in [1.82, 2.24) is 34.7 Å². The van der Waals surface area contributed by atoms with Gasteiger partial charge in [-0.2, -0.15) is 5.10 Å². The molecule has 14 heteroatoms. The molecule has 5 aromatic rings. The van der Waals surface area contributed by atoms with Crippen molar-refractivity contribution in [1.29, 1.82) is 0 Å². The maximum Gasteiger partial charge on any atom is 0.290 e. The fourth-order valence-electron chi connectivity index (χ4n) is 5.86. The SMILES string of the molecule is O=C1CN(C(=O)c2ccn3ncnc3c2)CCCCOc2cccc(c2)[C@H]2CN(C(=O)c3ccc4ncsc4c3)C[C@@H]2N1.O=CO. The van der Waals surface area contributed by atoms with Gasteiger partial charge in [-0.05, 0) is 60.9 Å². The number of fused-ring (bicyclic) bond motifs is 6. The smallest absolute Gasteiger partial charge is 0.290 e. The molecule has 0 saturated carbocycles. The molecule has 0 radical (unpaired) electrons. The van der Waals surface area contributed by atoms with Gasteiger partial charge in [0.2, 0.25) is 5.91 Å². The number of aromatic nitrogens is 4. The normalized spacial score (nSPS) is 18.5. The van der Waals surface area contributed by atoms with Gasteiger partial charge in [-0.25, -0.2) is 14.5 Å². The Bertz CT molecular complexity index is 1890. The molecule has 2 atom stereocenters. The van der Waals surface area contributed by atoms with E-state index in [-0.39, 0.29) is 42.7 Å². The molecule has 236 valence electrons. The lowest BCUT2D eigenvalue weighted by atomic mass is 9.94. The standard InChI is InChI=1S/C31H29N7O4S.CH2O2/c39-29-17-36(30(40)22-8-10-38-28(14-22)32-18-34-38)9-1-2-11-42-23-5-3-4-20(12-23)24-15-37(16-26(24)35-29)31(41)21-6-7-25-27(13-21)43-19-33-25;2-1-3/h3-8,10,12-14,18-19,24,26H,1-2,9,11,15-17H2,(H,35,39);1H,(H,2,3)/t24-,26+;/m1./s1. The van der Waals surface area contributed by atoms with Crippen LogP contribution in [0.2, 0.25) is 0 Å². The van der Waals surface area contributed by atoms with Gasteiger partial charge in [-0.15, -0.1) is 11.3 Å². The predicted molar refractivity (Wildman–Crippen MR) is 169 cm³/mol. The van der Waals surface area contributed by atoms with E-state index in [4.69, 9.17) is 14.6 Å². The Hall–Kier alpha value is -5.37. The van der Waals surface area contributed by atoms with Crippen molar-refractivity contribution in [3.05, 3.63) is 89.3 Å². The second-order valence-electron chi connectivity index (χ2n) is 11.0. The summed E-state index contributed by atoms with van der Waals surface area (Å²) in [5.41, 5.74) is 5.20. The fourth-order valence-corrected chi connectivity index (χ4v) is 6.58. The molecule has 3 amide bonds. The summed E-state index contributed by atoms with van der Waals surface area (Å²) >= 11 is 1.50. The van der Waals surface area contributed by atoms with Crippen LogP contribution >= 0.6 is 11.3 Å². The monoisotopic (exact) mass is 641 g/mol. The first-order chi connectivity index (χ1) is 22.4. The van der Waals surface area contributed by atoms with Crippen molar-refractivity contribution in [2.45, 2.75) is 24.8 Å². The summed E-state index contributed by atoms with van der Waals surface area (Å²) in [6.45, 7) is 1.32. The lowest BCUT2D eigenvalue weighted by molar-refractivity contribution is -0.123. The molecule has 46 heavy (non-hydrogen) atoms. The van der Waals surface area contributed by atoms with Gasteiger partial charge >= 0.3 is 0 Å². The zero-order valence-corrected chi connectivity index (χ0v) is 25.5. The average molecular weight is 642 g/mol. The van der Waals surface area contributed by atoms with Crippen molar-refractivity contribution in [2.75, 3.05) is 32.8 Å². The third-order valence-electron chi connectivity index (χ3n) is 8.06. The first-order valence-electron chi connectivity index (χ1n) is 14.7. The third kappa shape index (κ3) is 6.66. The molecular weight excluding hydrogens is 610 g/mol. The van der Waals surface area contributed by atoms with Crippen LogP contribution < -0.4 is 10.1 Å². The Morgan fingerprint density at radius 2 is 1.83 bits per heavy atom. The highest BCUT2D eigenvalue weighted by atomic mass is 32.1. The Labute approximate surface area is 267 Å². The number of rotatable bonds is 2. The Balaban J connectivity index is 0.00000119. The first-order valence-corrected chi connectivity index (χ1v) is 15.6. The maximum absolute atomic E-state index is 13.7. The second-order valence-corrected chi connectivity index (χ2v) is 11.9. The van der Waals surface area contributed by atoms with Crippen LogP contribution in [0.3, 0.4) is 0 Å². The lowest BCUT2D eigenvalue weighted by Gasteiger charge is -2.26. The van der Waals surface area contributed by atoms with Crippen molar-refractivity contribution < 1.29 is 29.0 Å². The number of carboxylic acid groups (broad SMARTS) is 1. The quantitative estimate of drug-likeness (QED) is 0.276. The van der Waals surface area contributed by atoms with E-state index in [0.717, 1.165) is 28.0 Å². The Morgan fingerprint density at radius 3 is 2.70 bits per heavy atom. The average Bonchev–Trinajstić information content (AvgIpc) is 3.83. The number of likely N-dealkylation sites (tertiary alicyclic amines) is 1. The van der Waals surface area contributed by atoms with E-state index in [1.54, 1.807) is 44.2 Å². The van der Waals surface area contributed by atoms with Crippen LogP contribution in [0, 0.1) is 0 Å². The summed E-state index contributed by atoms with van der Waals surface area (Å²) in [4.78, 5) is 61.0. The zero-order chi connectivity index (χ0) is 32.0. The van der Waals surface area contributed by atoms with Crippen molar-refractivity contribution in [3.8, 4) is 5.75 Å². The predicted octanol–water partition coefficient (Wildman–Crippen LogP) is 3.08. The number of amides is 3. The van der Waals surface area contributed by atoms with E-state index in [2.05, 4.69) is 20.4 Å². The minimum absolute atomic E-state index is 0.0944. The molecule has 5 heterocycles. The number of hydrogen-bond donors (Lipinski definition) is 2. The maximum atomic E-state index is 13.7. The van der Waals surface area contributed by atoms with Crippen LogP contribution in [-0.2, 0) is 9.59 Å². The largest absolute Gasteiger partial charge is 0.494 e. The molecule has 0 spiro atoms. The number of pyridine rings is 1. The van der Waals surface area contributed by atoms with Crippen molar-refractivity contribution >= 4 is 51.4 Å². The number of hydrogen-bond acceptors (Lipinski definition) is 9. The van der Waals surface area contributed by atoms with Gasteiger partial charge in [0.1, 0.15) is 12.1 Å². The fraction of sp³-hybridized carbons (Fsp3) is 0.281. The molecule has 13 nitrogen and oxygen atoms in total. The number of nitrogens with zero attached hydrogens (tertiary/aromatic N) is 6. The van der Waals surface area contributed by atoms with E-state index < -0.39 is 0 Å². The number of carbonyl (C=O) groups is 4. The molecule has 0 aliphatic carbocycles. The minimum atomic E-state index is -0.342. The van der Waals surface area contributed by atoms with Gasteiger partial charge in [0.25, 0.3) is 18.3 Å². The first kappa shape index (κ1) is 30.6. The molecule has 7 rings (SSSR count). The summed E-state index contributed by atoms with van der Waals surface area (Å²) in [5.74, 6) is -0.0162. The van der Waals surface area contributed by atoms with Gasteiger partial charge in [0.15, 0.2) is 5.65 Å².